The third kappa shape index (κ3) is 5.68. The molecule has 0 aromatic heterocycles. The van der Waals surface area contributed by atoms with Crippen molar-refractivity contribution in [2.45, 2.75) is 11.3 Å². The molecule has 9 heteroatoms. The number of hydrogen-bond acceptors (Lipinski definition) is 6. The number of allylic oxidation sites excluding steroid dienone is 1. The fourth-order valence-electron chi connectivity index (χ4n) is 3.25. The van der Waals surface area contributed by atoms with Crippen LogP contribution in [0.5, 0.6) is 17.2 Å². The third-order valence-electron chi connectivity index (χ3n) is 4.98. The van der Waals surface area contributed by atoms with E-state index < -0.39 is 10.0 Å². The van der Waals surface area contributed by atoms with Gasteiger partial charge in [0.1, 0.15) is 17.2 Å². The SMILES string of the molecule is C=CCc1cc(C(=O)Nc2ccc(S(=O)(=O)Nc3cc(OC)ccc3OC)cc2)ccc1OC. The summed E-state index contributed by atoms with van der Waals surface area (Å²) in [6.07, 6.45) is 2.29. The molecule has 0 saturated heterocycles. The van der Waals surface area contributed by atoms with E-state index in [1.165, 1.54) is 44.6 Å². The van der Waals surface area contributed by atoms with Crippen LogP contribution in [0.2, 0.25) is 0 Å². The first-order chi connectivity index (χ1) is 16.3. The van der Waals surface area contributed by atoms with E-state index in [1.54, 1.807) is 43.5 Å². The molecule has 2 N–H and O–H groups in total. The molecule has 0 unspecified atom stereocenters. The van der Waals surface area contributed by atoms with E-state index in [9.17, 15) is 13.2 Å². The predicted octanol–water partition coefficient (Wildman–Crippen LogP) is 4.49. The highest BCUT2D eigenvalue weighted by atomic mass is 32.2. The number of ether oxygens (including phenoxy) is 3. The zero-order chi connectivity index (χ0) is 24.7. The number of nitrogens with one attached hydrogen (secondary N) is 2. The van der Waals surface area contributed by atoms with E-state index >= 15 is 0 Å². The number of carbonyl (C=O) groups is 1. The molecular weight excluding hydrogens is 456 g/mol. The van der Waals surface area contributed by atoms with Crippen LogP contribution in [0.15, 0.2) is 78.2 Å². The number of sulfonamides is 1. The van der Waals surface area contributed by atoms with Gasteiger partial charge in [0.25, 0.3) is 15.9 Å². The van der Waals surface area contributed by atoms with Gasteiger partial charge in [-0.1, -0.05) is 6.08 Å². The van der Waals surface area contributed by atoms with E-state index in [1.807, 2.05) is 0 Å². The van der Waals surface area contributed by atoms with Crippen LogP contribution in [0.4, 0.5) is 11.4 Å². The normalized spacial score (nSPS) is 10.8. The van der Waals surface area contributed by atoms with Crippen molar-refractivity contribution in [1.29, 1.82) is 0 Å². The lowest BCUT2D eigenvalue weighted by Crippen LogP contribution is -2.15. The average molecular weight is 483 g/mol. The highest BCUT2D eigenvalue weighted by Crippen LogP contribution is 2.31. The van der Waals surface area contributed by atoms with Gasteiger partial charge < -0.3 is 19.5 Å². The van der Waals surface area contributed by atoms with Crippen molar-refractivity contribution in [3.05, 3.63) is 84.4 Å². The molecule has 0 atom stereocenters. The zero-order valence-corrected chi connectivity index (χ0v) is 19.9. The van der Waals surface area contributed by atoms with Crippen LogP contribution in [0, 0.1) is 0 Å². The predicted molar refractivity (Wildman–Crippen MR) is 132 cm³/mol. The molecule has 3 rings (SSSR count). The molecule has 0 aliphatic carbocycles. The molecule has 34 heavy (non-hydrogen) atoms. The molecule has 0 aliphatic rings. The molecule has 3 aromatic carbocycles. The van der Waals surface area contributed by atoms with Crippen molar-refractivity contribution in [3.63, 3.8) is 0 Å². The van der Waals surface area contributed by atoms with Gasteiger partial charge in [0.15, 0.2) is 0 Å². The lowest BCUT2D eigenvalue weighted by atomic mass is 10.1. The number of amides is 1. The van der Waals surface area contributed by atoms with Gasteiger partial charge in [-0.15, -0.1) is 6.58 Å². The summed E-state index contributed by atoms with van der Waals surface area (Å²) >= 11 is 0. The van der Waals surface area contributed by atoms with E-state index in [0.29, 0.717) is 34.9 Å². The fraction of sp³-hybridized carbons (Fsp3) is 0.160. The minimum atomic E-state index is -3.91. The topological polar surface area (TPSA) is 103 Å². The van der Waals surface area contributed by atoms with Gasteiger partial charge in [-0.2, -0.15) is 0 Å². The monoisotopic (exact) mass is 482 g/mol. The maximum absolute atomic E-state index is 12.9. The van der Waals surface area contributed by atoms with Gasteiger partial charge in [0, 0.05) is 17.3 Å². The molecule has 8 nitrogen and oxygen atoms in total. The van der Waals surface area contributed by atoms with Crippen molar-refractivity contribution in [2.75, 3.05) is 31.4 Å². The molecule has 0 radical (unpaired) electrons. The smallest absolute Gasteiger partial charge is 0.262 e. The largest absolute Gasteiger partial charge is 0.497 e. The summed E-state index contributed by atoms with van der Waals surface area (Å²) in [6.45, 7) is 3.72. The van der Waals surface area contributed by atoms with E-state index in [4.69, 9.17) is 14.2 Å². The highest BCUT2D eigenvalue weighted by molar-refractivity contribution is 7.92. The number of anilines is 2. The first kappa shape index (κ1) is 24.7. The van der Waals surface area contributed by atoms with Gasteiger partial charge >= 0.3 is 0 Å². The fourth-order valence-corrected chi connectivity index (χ4v) is 4.31. The summed E-state index contributed by atoms with van der Waals surface area (Å²) in [6, 6.07) is 15.8. The van der Waals surface area contributed by atoms with Crippen LogP contribution in [-0.4, -0.2) is 35.7 Å². The molecule has 0 fully saturated rings. The van der Waals surface area contributed by atoms with Crippen molar-refractivity contribution < 1.29 is 27.4 Å². The van der Waals surface area contributed by atoms with Crippen LogP contribution < -0.4 is 24.2 Å². The Morgan fingerprint density at radius 1 is 0.912 bits per heavy atom. The Bertz CT molecular complexity index is 1290. The first-order valence-corrected chi connectivity index (χ1v) is 11.7. The van der Waals surface area contributed by atoms with Crippen molar-refractivity contribution in [1.82, 2.24) is 0 Å². The molecule has 0 aliphatic heterocycles. The Hall–Kier alpha value is -3.98. The summed E-state index contributed by atoms with van der Waals surface area (Å²) in [5, 5.41) is 2.77. The highest BCUT2D eigenvalue weighted by Gasteiger charge is 2.18. The zero-order valence-electron chi connectivity index (χ0n) is 19.1. The molecule has 3 aromatic rings. The van der Waals surface area contributed by atoms with Crippen LogP contribution in [0.3, 0.4) is 0 Å². The van der Waals surface area contributed by atoms with Crippen LogP contribution in [0.1, 0.15) is 15.9 Å². The van der Waals surface area contributed by atoms with Crippen LogP contribution in [-0.2, 0) is 16.4 Å². The van der Waals surface area contributed by atoms with Crippen LogP contribution >= 0.6 is 0 Å². The van der Waals surface area contributed by atoms with Gasteiger partial charge in [0.2, 0.25) is 0 Å². The molecule has 1 amide bonds. The Morgan fingerprint density at radius 2 is 1.59 bits per heavy atom. The Morgan fingerprint density at radius 3 is 2.21 bits per heavy atom. The summed E-state index contributed by atoms with van der Waals surface area (Å²) in [5.74, 6) is 1.17. The van der Waals surface area contributed by atoms with E-state index in [-0.39, 0.29) is 16.5 Å². The van der Waals surface area contributed by atoms with E-state index in [0.717, 1.165) is 5.56 Å². The Labute approximate surface area is 199 Å². The summed E-state index contributed by atoms with van der Waals surface area (Å²) in [4.78, 5) is 12.7. The van der Waals surface area contributed by atoms with Gasteiger partial charge in [-0.25, -0.2) is 8.42 Å². The number of carbonyl (C=O) groups excluding carboxylic acids is 1. The second-order valence-corrected chi connectivity index (χ2v) is 8.85. The maximum atomic E-state index is 12.9. The number of hydrogen-bond donors (Lipinski definition) is 2. The van der Waals surface area contributed by atoms with Crippen molar-refractivity contribution in [3.8, 4) is 17.2 Å². The van der Waals surface area contributed by atoms with Gasteiger partial charge in [0.05, 0.1) is 31.9 Å². The summed E-state index contributed by atoms with van der Waals surface area (Å²) < 4.78 is 43.9. The molecule has 0 spiro atoms. The van der Waals surface area contributed by atoms with Crippen molar-refractivity contribution >= 4 is 27.3 Å². The minimum absolute atomic E-state index is 0.0214. The number of rotatable bonds is 10. The molecule has 0 heterocycles. The molecule has 178 valence electrons. The molecular formula is C25H26N2O6S. The summed E-state index contributed by atoms with van der Waals surface area (Å²) in [7, 11) is 0.587. The Balaban J connectivity index is 1.77. The van der Waals surface area contributed by atoms with Crippen molar-refractivity contribution in [2.24, 2.45) is 0 Å². The van der Waals surface area contributed by atoms with Gasteiger partial charge in [-0.05, 0) is 66.6 Å². The van der Waals surface area contributed by atoms with Gasteiger partial charge in [-0.3, -0.25) is 9.52 Å². The third-order valence-corrected chi connectivity index (χ3v) is 6.36. The van der Waals surface area contributed by atoms with E-state index in [2.05, 4.69) is 16.6 Å². The second kappa shape index (κ2) is 10.8. The minimum Gasteiger partial charge on any atom is -0.497 e. The number of benzene rings is 3. The second-order valence-electron chi connectivity index (χ2n) is 7.17. The quantitative estimate of drug-likeness (QED) is 0.413. The first-order valence-electron chi connectivity index (χ1n) is 10.3. The maximum Gasteiger partial charge on any atom is 0.262 e. The Kier molecular flexibility index (Phi) is 7.80. The average Bonchev–Trinajstić information content (AvgIpc) is 2.84. The van der Waals surface area contributed by atoms with Crippen LogP contribution in [0.25, 0.3) is 0 Å². The standard InChI is InChI=1S/C25H26N2O6S/c1-5-6-17-15-18(7-13-23(17)32-3)25(28)26-19-8-11-21(12-9-19)34(29,30)27-22-16-20(31-2)10-14-24(22)33-4/h5,7-16,27H,1,6H2,2-4H3,(H,26,28). The lowest BCUT2D eigenvalue weighted by molar-refractivity contribution is 0.102. The summed E-state index contributed by atoms with van der Waals surface area (Å²) in [5.41, 5.74) is 1.98. The molecule has 0 bridgehead atoms. The number of methoxy groups -OCH3 is 3. The lowest BCUT2D eigenvalue weighted by Gasteiger charge is -2.14. The molecule has 0 saturated carbocycles.